The van der Waals surface area contributed by atoms with E-state index >= 15 is 0 Å². The number of alkyl halides is 5. The lowest BCUT2D eigenvalue weighted by atomic mass is 10.2. The zero-order valence-electron chi connectivity index (χ0n) is 9.66. The van der Waals surface area contributed by atoms with E-state index in [2.05, 4.69) is 26.6 Å². The predicted molar refractivity (Wildman–Crippen MR) is 59.0 cm³/mol. The highest BCUT2D eigenvalue weighted by Crippen LogP contribution is 2.37. The molecule has 0 aromatic heterocycles. The molecule has 0 amide bonds. The van der Waals surface area contributed by atoms with Crippen molar-refractivity contribution in [2.75, 3.05) is 6.54 Å². The van der Waals surface area contributed by atoms with E-state index in [4.69, 9.17) is 5.53 Å². The van der Waals surface area contributed by atoms with Crippen LogP contribution in [0.4, 0.5) is 22.0 Å². The zero-order valence-corrected chi connectivity index (χ0v) is 9.66. The molecule has 0 heterocycles. The fourth-order valence-corrected chi connectivity index (χ4v) is 1.02. The van der Waals surface area contributed by atoms with Crippen molar-refractivity contribution in [2.45, 2.75) is 12.3 Å². The van der Waals surface area contributed by atoms with Crippen molar-refractivity contribution in [3.63, 3.8) is 0 Å². The van der Waals surface area contributed by atoms with Crippen LogP contribution < -0.4 is 4.74 Å². The van der Waals surface area contributed by atoms with Crippen LogP contribution in [0.5, 0.6) is 5.75 Å². The van der Waals surface area contributed by atoms with Crippen LogP contribution in [0.25, 0.3) is 10.4 Å². The van der Waals surface area contributed by atoms with Gasteiger partial charge in [-0.2, -0.15) is 22.0 Å². The summed E-state index contributed by atoms with van der Waals surface area (Å²) < 4.78 is 64.5. The molecule has 0 radical (unpaired) electrons. The average Bonchev–Trinajstić information content (AvgIpc) is 2.35. The molecule has 0 aliphatic rings. The molecule has 0 aliphatic carbocycles. The SMILES string of the molecule is [N-]=[N+]=NCC#Cc1ccc(OC(F)(F)C(F)(F)F)cc1. The van der Waals surface area contributed by atoms with Crippen LogP contribution in [-0.4, -0.2) is 18.8 Å². The van der Waals surface area contributed by atoms with Crippen molar-refractivity contribution in [1.29, 1.82) is 0 Å². The lowest BCUT2D eigenvalue weighted by molar-refractivity contribution is -0.360. The Hall–Kier alpha value is -2.46. The Labute approximate surface area is 109 Å². The summed E-state index contributed by atoms with van der Waals surface area (Å²) in [6.45, 7) is -0.0824. The van der Waals surface area contributed by atoms with Crippen LogP contribution in [0.2, 0.25) is 0 Å². The maximum atomic E-state index is 12.6. The first-order valence-electron chi connectivity index (χ1n) is 4.99. The topological polar surface area (TPSA) is 58.0 Å². The molecule has 0 unspecified atom stereocenters. The van der Waals surface area contributed by atoms with E-state index in [9.17, 15) is 22.0 Å². The van der Waals surface area contributed by atoms with E-state index in [-0.39, 0.29) is 6.54 Å². The van der Waals surface area contributed by atoms with Crippen LogP contribution in [-0.2, 0) is 0 Å². The lowest BCUT2D eigenvalue weighted by Crippen LogP contribution is -2.41. The van der Waals surface area contributed by atoms with E-state index in [1.165, 1.54) is 12.1 Å². The number of ether oxygens (including phenoxy) is 1. The summed E-state index contributed by atoms with van der Waals surface area (Å²) in [4.78, 5) is 2.46. The van der Waals surface area contributed by atoms with Crippen molar-refractivity contribution in [1.82, 2.24) is 0 Å². The Bertz CT molecular complexity index is 564. The molecule has 0 saturated heterocycles. The van der Waals surface area contributed by atoms with Gasteiger partial charge in [0.2, 0.25) is 0 Å². The van der Waals surface area contributed by atoms with Gasteiger partial charge in [0.05, 0.1) is 6.54 Å². The maximum Gasteiger partial charge on any atom is 0.499 e. The maximum absolute atomic E-state index is 12.6. The van der Waals surface area contributed by atoms with Crippen LogP contribution in [0, 0.1) is 11.8 Å². The van der Waals surface area contributed by atoms with E-state index in [1.54, 1.807) is 0 Å². The van der Waals surface area contributed by atoms with Crippen LogP contribution in [0.3, 0.4) is 0 Å². The summed E-state index contributed by atoms with van der Waals surface area (Å²) in [5, 5.41) is 3.14. The highest BCUT2D eigenvalue weighted by molar-refractivity contribution is 5.38. The van der Waals surface area contributed by atoms with Crippen molar-refractivity contribution in [3.8, 4) is 17.6 Å². The second kappa shape index (κ2) is 6.12. The Kier molecular flexibility index (Phi) is 4.78. The minimum absolute atomic E-state index is 0.0824. The highest BCUT2D eigenvalue weighted by Gasteiger charge is 2.61. The molecule has 0 spiro atoms. The quantitative estimate of drug-likeness (QED) is 0.274. The number of benzene rings is 1. The normalized spacial score (nSPS) is 11.1. The molecule has 0 aliphatic heterocycles. The van der Waals surface area contributed by atoms with Gasteiger partial charge in [-0.25, -0.2) is 0 Å². The average molecular weight is 291 g/mol. The van der Waals surface area contributed by atoms with E-state index in [1.807, 2.05) is 0 Å². The van der Waals surface area contributed by atoms with Gasteiger partial charge >= 0.3 is 12.3 Å². The molecule has 0 fully saturated rings. The number of rotatable bonds is 3. The molecule has 106 valence electrons. The molecule has 4 nitrogen and oxygen atoms in total. The van der Waals surface area contributed by atoms with Gasteiger partial charge in [-0.05, 0) is 29.8 Å². The Morgan fingerprint density at radius 2 is 1.75 bits per heavy atom. The molecule has 0 saturated carbocycles. The lowest BCUT2D eigenvalue weighted by Gasteiger charge is -2.20. The number of azide groups is 1. The van der Waals surface area contributed by atoms with E-state index < -0.39 is 18.0 Å². The first-order valence-corrected chi connectivity index (χ1v) is 4.99. The standard InChI is InChI=1S/C11H6F5N3O/c12-10(13,14)11(15,16)20-9-5-3-8(4-6-9)2-1-7-18-19-17/h3-6H,7H2. The fraction of sp³-hybridized carbons (Fsp3) is 0.273. The Morgan fingerprint density at radius 1 is 1.15 bits per heavy atom. The molecule has 20 heavy (non-hydrogen) atoms. The third-order valence-corrected chi connectivity index (χ3v) is 1.88. The largest absolute Gasteiger partial charge is 0.499 e. The van der Waals surface area contributed by atoms with Gasteiger partial charge in [-0.3, -0.25) is 0 Å². The molecular weight excluding hydrogens is 285 g/mol. The highest BCUT2D eigenvalue weighted by atomic mass is 19.4. The summed E-state index contributed by atoms with van der Waals surface area (Å²) in [5.74, 6) is 4.33. The zero-order chi connectivity index (χ0) is 15.2. The van der Waals surface area contributed by atoms with Crippen molar-refractivity contribution in [2.24, 2.45) is 5.11 Å². The third-order valence-electron chi connectivity index (χ3n) is 1.88. The smallest absolute Gasteiger partial charge is 0.426 e. The molecule has 1 aromatic rings. The van der Waals surface area contributed by atoms with Gasteiger partial charge in [-0.1, -0.05) is 17.0 Å². The molecule has 1 aromatic carbocycles. The second-order valence-corrected chi connectivity index (χ2v) is 3.33. The number of hydrogen-bond donors (Lipinski definition) is 0. The van der Waals surface area contributed by atoms with Crippen LogP contribution in [0.15, 0.2) is 29.4 Å². The van der Waals surface area contributed by atoms with Gasteiger partial charge in [0.25, 0.3) is 0 Å². The Balaban J connectivity index is 2.76. The summed E-state index contributed by atoms with van der Waals surface area (Å²) in [7, 11) is 0. The van der Waals surface area contributed by atoms with Gasteiger partial charge in [0, 0.05) is 10.5 Å². The van der Waals surface area contributed by atoms with Crippen molar-refractivity contribution in [3.05, 3.63) is 40.3 Å². The van der Waals surface area contributed by atoms with Gasteiger partial charge in [0.15, 0.2) is 0 Å². The monoisotopic (exact) mass is 291 g/mol. The summed E-state index contributed by atoms with van der Waals surface area (Å²) in [6.07, 6.45) is -11.1. The molecular formula is C11H6F5N3O. The van der Waals surface area contributed by atoms with Gasteiger partial charge in [-0.15, -0.1) is 0 Å². The minimum Gasteiger partial charge on any atom is -0.426 e. The van der Waals surface area contributed by atoms with Crippen molar-refractivity contribution >= 4 is 0 Å². The first kappa shape index (κ1) is 15.6. The molecule has 9 heteroatoms. The Morgan fingerprint density at radius 3 is 2.25 bits per heavy atom. The number of hydrogen-bond acceptors (Lipinski definition) is 2. The summed E-state index contributed by atoms with van der Waals surface area (Å²) in [6, 6.07) is 4.25. The molecule has 0 N–H and O–H groups in total. The number of halogens is 5. The molecule has 0 atom stereocenters. The molecule has 1 rings (SSSR count). The minimum atomic E-state index is -5.79. The number of nitrogens with zero attached hydrogens (tertiary/aromatic N) is 3. The van der Waals surface area contributed by atoms with Gasteiger partial charge in [0.1, 0.15) is 5.75 Å². The van der Waals surface area contributed by atoms with Gasteiger partial charge < -0.3 is 4.74 Å². The predicted octanol–water partition coefficient (Wildman–Crippen LogP) is 3.88. The third kappa shape index (κ3) is 4.33. The fourth-order valence-electron chi connectivity index (χ4n) is 1.02. The summed E-state index contributed by atoms with van der Waals surface area (Å²) in [5.41, 5.74) is 8.33. The van der Waals surface area contributed by atoms with E-state index in [0.717, 1.165) is 12.1 Å². The second-order valence-electron chi connectivity index (χ2n) is 3.33. The molecule has 0 bridgehead atoms. The van der Waals surface area contributed by atoms with E-state index in [0.29, 0.717) is 5.56 Å². The van der Waals surface area contributed by atoms with Crippen molar-refractivity contribution < 1.29 is 26.7 Å². The first-order chi connectivity index (χ1) is 9.26. The van der Waals surface area contributed by atoms with Crippen LogP contribution in [0.1, 0.15) is 5.56 Å². The van der Waals surface area contributed by atoms with Crippen LogP contribution >= 0.6 is 0 Å². The summed E-state index contributed by atoms with van der Waals surface area (Å²) >= 11 is 0.